The molecule has 1 rings (SSSR count). The van der Waals surface area contributed by atoms with Crippen molar-refractivity contribution in [2.24, 2.45) is 11.5 Å². The van der Waals surface area contributed by atoms with Crippen LogP contribution in [0.25, 0.3) is 0 Å². The summed E-state index contributed by atoms with van der Waals surface area (Å²) >= 11 is 0. The van der Waals surface area contributed by atoms with Crippen molar-refractivity contribution < 1.29 is 13.2 Å². The molecule has 0 aliphatic carbocycles. The van der Waals surface area contributed by atoms with Gasteiger partial charge >= 0.3 is 0 Å². The van der Waals surface area contributed by atoms with Gasteiger partial charge in [-0.15, -0.1) is 0 Å². The van der Waals surface area contributed by atoms with Crippen LogP contribution in [0, 0.1) is 0 Å². The summed E-state index contributed by atoms with van der Waals surface area (Å²) in [5, 5.41) is 0. The second-order valence-electron chi connectivity index (χ2n) is 4.00. The monoisotopic (exact) mass is 271 g/mol. The van der Waals surface area contributed by atoms with Crippen LogP contribution in [0.1, 0.15) is 18.9 Å². The number of nitrogens with two attached hydrogens (primary N) is 2. The molecule has 6 nitrogen and oxygen atoms in total. The molecule has 0 saturated carbocycles. The quantitative estimate of drug-likeness (QED) is 0.658. The first kappa shape index (κ1) is 14.6. The number of sulfonamides is 1. The highest BCUT2D eigenvalue weighted by atomic mass is 32.2. The number of primary amides is 1. The molecule has 100 valence electrons. The van der Waals surface area contributed by atoms with E-state index in [1.165, 1.54) is 6.07 Å². The highest BCUT2D eigenvalue weighted by molar-refractivity contribution is 7.89. The summed E-state index contributed by atoms with van der Waals surface area (Å²) in [6, 6.07) is 5.90. The first-order valence-corrected chi connectivity index (χ1v) is 6.93. The molecule has 1 unspecified atom stereocenters. The summed E-state index contributed by atoms with van der Waals surface area (Å²) in [5.41, 5.74) is 11.0. The fraction of sp³-hybridized carbons (Fsp3) is 0.364. The first-order chi connectivity index (χ1) is 8.36. The van der Waals surface area contributed by atoms with E-state index in [1.54, 1.807) is 25.1 Å². The third-order valence-corrected chi connectivity index (χ3v) is 4.04. The Hall–Kier alpha value is -1.44. The number of hydrogen-bond acceptors (Lipinski definition) is 4. The Morgan fingerprint density at radius 2 is 2.00 bits per heavy atom. The second kappa shape index (κ2) is 5.94. The van der Waals surface area contributed by atoms with E-state index in [9.17, 15) is 13.2 Å². The fourth-order valence-corrected chi connectivity index (χ4v) is 3.10. The maximum absolute atomic E-state index is 12.1. The Morgan fingerprint density at radius 3 is 2.56 bits per heavy atom. The van der Waals surface area contributed by atoms with Crippen molar-refractivity contribution in [2.45, 2.75) is 30.8 Å². The van der Waals surface area contributed by atoms with Gasteiger partial charge in [-0.3, -0.25) is 4.79 Å². The van der Waals surface area contributed by atoms with Gasteiger partial charge in [0.2, 0.25) is 15.9 Å². The van der Waals surface area contributed by atoms with E-state index in [0.29, 0.717) is 5.56 Å². The van der Waals surface area contributed by atoms with Crippen LogP contribution in [-0.2, 0) is 21.4 Å². The van der Waals surface area contributed by atoms with Crippen molar-refractivity contribution in [2.75, 3.05) is 0 Å². The zero-order chi connectivity index (χ0) is 13.8. The van der Waals surface area contributed by atoms with Crippen molar-refractivity contribution in [1.29, 1.82) is 0 Å². The molecule has 0 fully saturated rings. The normalized spacial score (nSPS) is 13.2. The molecule has 1 amide bonds. The van der Waals surface area contributed by atoms with Crippen LogP contribution in [0.2, 0.25) is 0 Å². The Bertz CT molecular complexity index is 528. The Morgan fingerprint density at radius 1 is 1.39 bits per heavy atom. The summed E-state index contributed by atoms with van der Waals surface area (Å²) < 4.78 is 26.6. The van der Waals surface area contributed by atoms with E-state index < -0.39 is 22.0 Å². The van der Waals surface area contributed by atoms with Crippen LogP contribution in [0.15, 0.2) is 29.2 Å². The van der Waals surface area contributed by atoms with Gasteiger partial charge in [-0.05, 0) is 18.6 Å². The topological polar surface area (TPSA) is 115 Å². The van der Waals surface area contributed by atoms with Crippen molar-refractivity contribution >= 4 is 15.9 Å². The van der Waals surface area contributed by atoms with Gasteiger partial charge in [-0.25, -0.2) is 13.1 Å². The third kappa shape index (κ3) is 3.80. The molecule has 0 radical (unpaired) electrons. The summed E-state index contributed by atoms with van der Waals surface area (Å²) in [6.07, 6.45) is -0.0516. The summed E-state index contributed by atoms with van der Waals surface area (Å²) in [6.45, 7) is 1.70. The van der Waals surface area contributed by atoms with Gasteiger partial charge in [0.15, 0.2) is 0 Å². The van der Waals surface area contributed by atoms with Gasteiger partial charge in [0.05, 0.1) is 4.90 Å². The number of carbonyl (C=O) groups excluding carboxylic acids is 1. The van der Waals surface area contributed by atoms with Crippen molar-refractivity contribution in [3.8, 4) is 0 Å². The highest BCUT2D eigenvalue weighted by Gasteiger charge is 2.20. The molecule has 0 heterocycles. The molecule has 0 spiro atoms. The Labute approximate surface area is 106 Å². The average molecular weight is 271 g/mol. The minimum absolute atomic E-state index is 0.0516. The molecule has 0 aliphatic heterocycles. The van der Waals surface area contributed by atoms with Gasteiger partial charge in [0.1, 0.15) is 0 Å². The maximum Gasteiger partial charge on any atom is 0.241 e. The van der Waals surface area contributed by atoms with E-state index in [2.05, 4.69) is 4.72 Å². The lowest BCUT2D eigenvalue weighted by Crippen LogP contribution is -2.36. The minimum atomic E-state index is -3.69. The lowest BCUT2D eigenvalue weighted by Gasteiger charge is -2.14. The number of amides is 1. The van der Waals surface area contributed by atoms with Gasteiger partial charge in [0, 0.05) is 19.0 Å². The number of nitrogens with one attached hydrogen (secondary N) is 1. The van der Waals surface area contributed by atoms with E-state index in [4.69, 9.17) is 11.5 Å². The zero-order valence-electron chi connectivity index (χ0n) is 10.1. The molecule has 18 heavy (non-hydrogen) atoms. The molecule has 1 aromatic rings. The molecule has 0 saturated heterocycles. The van der Waals surface area contributed by atoms with Crippen molar-refractivity contribution in [3.05, 3.63) is 29.8 Å². The molecule has 7 heteroatoms. The highest BCUT2D eigenvalue weighted by Crippen LogP contribution is 2.15. The van der Waals surface area contributed by atoms with Gasteiger partial charge in [0.25, 0.3) is 0 Å². The van der Waals surface area contributed by atoms with Gasteiger partial charge in [-0.1, -0.05) is 18.2 Å². The lowest BCUT2D eigenvalue weighted by atomic mass is 10.2. The van der Waals surface area contributed by atoms with Crippen molar-refractivity contribution in [1.82, 2.24) is 4.72 Å². The molecular formula is C11H17N3O3S. The number of carbonyl (C=O) groups is 1. The first-order valence-electron chi connectivity index (χ1n) is 5.45. The largest absolute Gasteiger partial charge is 0.370 e. The van der Waals surface area contributed by atoms with E-state index in [-0.39, 0.29) is 17.9 Å². The number of benzene rings is 1. The lowest BCUT2D eigenvalue weighted by molar-refractivity contribution is -0.118. The second-order valence-corrected chi connectivity index (χ2v) is 5.69. The Balaban J connectivity index is 2.96. The van der Waals surface area contributed by atoms with Gasteiger partial charge < -0.3 is 11.5 Å². The predicted molar refractivity (Wildman–Crippen MR) is 67.9 cm³/mol. The third-order valence-electron chi connectivity index (χ3n) is 2.35. The molecule has 0 bridgehead atoms. The summed E-state index contributed by atoms with van der Waals surface area (Å²) in [7, 11) is -3.69. The minimum Gasteiger partial charge on any atom is -0.370 e. The molecular weight excluding hydrogens is 254 g/mol. The number of hydrogen-bond donors (Lipinski definition) is 3. The van der Waals surface area contributed by atoms with Gasteiger partial charge in [-0.2, -0.15) is 0 Å². The molecule has 0 aliphatic rings. The van der Waals surface area contributed by atoms with E-state index >= 15 is 0 Å². The molecule has 1 atom stereocenters. The predicted octanol–water partition coefficient (Wildman–Crippen LogP) is -0.312. The van der Waals surface area contributed by atoms with Crippen LogP contribution in [0.4, 0.5) is 0 Å². The molecule has 0 aromatic heterocycles. The number of rotatable bonds is 6. The zero-order valence-corrected chi connectivity index (χ0v) is 10.9. The standard InChI is InChI=1S/C11H17N3O3S/c1-8(6-11(13)15)14-18(16,17)10-5-3-2-4-9(10)7-12/h2-5,8,14H,6-7,12H2,1H3,(H2,13,15). The van der Waals surface area contributed by atoms with E-state index in [1.807, 2.05) is 0 Å². The van der Waals surface area contributed by atoms with E-state index in [0.717, 1.165) is 0 Å². The maximum atomic E-state index is 12.1. The summed E-state index contributed by atoms with van der Waals surface area (Å²) in [5.74, 6) is -0.558. The van der Waals surface area contributed by atoms with Crippen LogP contribution < -0.4 is 16.2 Å². The summed E-state index contributed by atoms with van der Waals surface area (Å²) in [4.78, 5) is 10.9. The smallest absolute Gasteiger partial charge is 0.241 e. The van der Waals surface area contributed by atoms with Crippen LogP contribution in [0.5, 0.6) is 0 Å². The Kier molecular flexibility index (Phi) is 4.83. The van der Waals surface area contributed by atoms with Crippen molar-refractivity contribution in [3.63, 3.8) is 0 Å². The van der Waals surface area contributed by atoms with Crippen LogP contribution in [0.3, 0.4) is 0 Å². The molecule has 5 N–H and O–H groups in total. The van der Waals surface area contributed by atoms with Crippen LogP contribution >= 0.6 is 0 Å². The molecule has 1 aromatic carbocycles. The fourth-order valence-electron chi connectivity index (χ4n) is 1.61. The SMILES string of the molecule is CC(CC(N)=O)NS(=O)(=O)c1ccccc1CN. The van der Waals surface area contributed by atoms with Crippen LogP contribution in [-0.4, -0.2) is 20.4 Å². The average Bonchev–Trinajstić information content (AvgIpc) is 2.27.